The van der Waals surface area contributed by atoms with Crippen LogP contribution in [0.3, 0.4) is 0 Å². The summed E-state index contributed by atoms with van der Waals surface area (Å²) in [7, 11) is 0. The Balaban J connectivity index is 1.36. The molecule has 0 radical (unpaired) electrons. The first-order chi connectivity index (χ1) is 12.7. The van der Waals surface area contributed by atoms with Crippen LogP contribution in [-0.2, 0) is 30.5 Å². The molecule has 0 aliphatic heterocycles. The van der Waals surface area contributed by atoms with E-state index in [4.69, 9.17) is 4.74 Å². The monoisotopic (exact) mass is 349 g/mol. The van der Waals surface area contributed by atoms with Gasteiger partial charge in [-0.3, -0.25) is 4.79 Å². The van der Waals surface area contributed by atoms with E-state index in [-0.39, 0.29) is 18.6 Å². The SMILES string of the molecule is C[C@@H](NC(=O)COc1cccc2c1CCCC2)c1ccc2c(c1)CCC2. The zero-order valence-electron chi connectivity index (χ0n) is 15.5. The molecule has 0 saturated heterocycles. The molecular formula is C23H27NO2. The topological polar surface area (TPSA) is 38.3 Å². The molecule has 1 atom stereocenters. The summed E-state index contributed by atoms with van der Waals surface area (Å²) in [6.45, 7) is 2.12. The second-order valence-corrected chi connectivity index (χ2v) is 7.56. The van der Waals surface area contributed by atoms with Gasteiger partial charge in [0, 0.05) is 0 Å². The van der Waals surface area contributed by atoms with Gasteiger partial charge in [0.15, 0.2) is 6.61 Å². The largest absolute Gasteiger partial charge is 0.483 e. The van der Waals surface area contributed by atoms with Gasteiger partial charge in [0.2, 0.25) is 0 Å². The zero-order valence-corrected chi connectivity index (χ0v) is 15.5. The number of aryl methyl sites for hydroxylation is 3. The minimum absolute atomic E-state index is 0.00156. The average molecular weight is 349 g/mol. The fourth-order valence-corrected chi connectivity index (χ4v) is 4.25. The van der Waals surface area contributed by atoms with Crippen molar-refractivity contribution in [1.82, 2.24) is 5.32 Å². The Kier molecular flexibility index (Phi) is 4.96. The normalized spacial score (nSPS) is 16.5. The van der Waals surface area contributed by atoms with Crippen LogP contribution in [0.4, 0.5) is 0 Å². The zero-order chi connectivity index (χ0) is 17.9. The highest BCUT2D eigenvalue weighted by molar-refractivity contribution is 5.78. The molecule has 1 N–H and O–H groups in total. The van der Waals surface area contributed by atoms with Crippen LogP contribution in [0.15, 0.2) is 36.4 Å². The van der Waals surface area contributed by atoms with Crippen molar-refractivity contribution in [2.75, 3.05) is 6.61 Å². The average Bonchev–Trinajstić information content (AvgIpc) is 3.14. The maximum atomic E-state index is 12.4. The third kappa shape index (κ3) is 3.62. The molecule has 0 saturated carbocycles. The van der Waals surface area contributed by atoms with E-state index in [0.717, 1.165) is 25.0 Å². The molecule has 2 aliphatic rings. The van der Waals surface area contributed by atoms with Crippen molar-refractivity contribution >= 4 is 5.91 Å². The number of carbonyl (C=O) groups excluding carboxylic acids is 1. The molecule has 2 aliphatic carbocycles. The van der Waals surface area contributed by atoms with Crippen LogP contribution < -0.4 is 10.1 Å². The number of benzene rings is 2. The number of rotatable bonds is 5. The van der Waals surface area contributed by atoms with E-state index in [0.29, 0.717) is 0 Å². The molecule has 2 aromatic carbocycles. The van der Waals surface area contributed by atoms with E-state index < -0.39 is 0 Å². The van der Waals surface area contributed by atoms with Crippen molar-refractivity contribution < 1.29 is 9.53 Å². The Morgan fingerprint density at radius 3 is 2.73 bits per heavy atom. The summed E-state index contributed by atoms with van der Waals surface area (Å²) in [6, 6.07) is 12.8. The van der Waals surface area contributed by atoms with Crippen molar-refractivity contribution in [3.8, 4) is 5.75 Å². The molecule has 1 amide bonds. The number of hydrogen-bond donors (Lipinski definition) is 1. The molecule has 0 heterocycles. The van der Waals surface area contributed by atoms with Crippen LogP contribution in [0.1, 0.15) is 60.0 Å². The summed E-state index contributed by atoms with van der Waals surface area (Å²) in [5.41, 5.74) is 6.75. The molecule has 0 bridgehead atoms. The number of carbonyl (C=O) groups is 1. The van der Waals surface area contributed by atoms with Gasteiger partial charge in [0.05, 0.1) is 6.04 Å². The van der Waals surface area contributed by atoms with E-state index in [1.165, 1.54) is 53.5 Å². The lowest BCUT2D eigenvalue weighted by molar-refractivity contribution is -0.123. The Bertz CT molecular complexity index is 812. The van der Waals surface area contributed by atoms with Gasteiger partial charge in [-0.15, -0.1) is 0 Å². The first-order valence-corrected chi connectivity index (χ1v) is 9.85. The summed E-state index contributed by atoms with van der Waals surface area (Å²) in [5, 5.41) is 3.07. The number of ether oxygens (including phenoxy) is 1. The van der Waals surface area contributed by atoms with Crippen LogP contribution in [0.5, 0.6) is 5.75 Å². The van der Waals surface area contributed by atoms with Crippen LogP contribution in [0, 0.1) is 0 Å². The first-order valence-electron chi connectivity index (χ1n) is 9.85. The lowest BCUT2D eigenvalue weighted by Gasteiger charge is -2.20. The maximum Gasteiger partial charge on any atom is 0.258 e. The Labute approximate surface area is 155 Å². The molecule has 0 aromatic heterocycles. The van der Waals surface area contributed by atoms with Gasteiger partial charge >= 0.3 is 0 Å². The molecule has 2 aromatic rings. The molecule has 4 rings (SSSR count). The summed E-state index contributed by atoms with van der Waals surface area (Å²) >= 11 is 0. The molecule has 0 unspecified atom stereocenters. The van der Waals surface area contributed by atoms with Gasteiger partial charge < -0.3 is 10.1 Å². The van der Waals surface area contributed by atoms with Crippen LogP contribution >= 0.6 is 0 Å². The van der Waals surface area contributed by atoms with Crippen molar-refractivity contribution in [2.45, 2.75) is 57.9 Å². The quantitative estimate of drug-likeness (QED) is 0.873. The molecule has 136 valence electrons. The van der Waals surface area contributed by atoms with Crippen molar-refractivity contribution in [3.63, 3.8) is 0 Å². The highest BCUT2D eigenvalue weighted by Gasteiger charge is 2.17. The lowest BCUT2D eigenvalue weighted by atomic mass is 9.91. The van der Waals surface area contributed by atoms with Crippen LogP contribution in [0.25, 0.3) is 0 Å². The van der Waals surface area contributed by atoms with Gasteiger partial charge in [0.25, 0.3) is 5.91 Å². The van der Waals surface area contributed by atoms with Gasteiger partial charge in [-0.05, 0) is 85.8 Å². The third-order valence-electron chi connectivity index (χ3n) is 5.71. The number of fused-ring (bicyclic) bond motifs is 2. The predicted molar refractivity (Wildman–Crippen MR) is 104 cm³/mol. The standard InChI is InChI=1S/C23H27NO2/c1-16(19-13-12-17-7-4-9-20(17)14-19)24-23(25)15-26-22-11-5-8-18-6-2-3-10-21(18)22/h5,8,11-14,16H,2-4,6-7,9-10,15H2,1H3,(H,24,25)/t16-/m1/s1. The van der Waals surface area contributed by atoms with E-state index in [9.17, 15) is 4.79 Å². The van der Waals surface area contributed by atoms with Crippen molar-refractivity contribution in [2.24, 2.45) is 0 Å². The van der Waals surface area contributed by atoms with Crippen molar-refractivity contribution in [1.29, 1.82) is 0 Å². The molecule has 0 fully saturated rings. The molecule has 3 heteroatoms. The number of hydrogen-bond acceptors (Lipinski definition) is 2. The molecule has 3 nitrogen and oxygen atoms in total. The highest BCUT2D eigenvalue weighted by atomic mass is 16.5. The summed E-state index contributed by atoms with van der Waals surface area (Å²) in [6.07, 6.45) is 8.21. The highest BCUT2D eigenvalue weighted by Crippen LogP contribution is 2.29. The van der Waals surface area contributed by atoms with Gasteiger partial charge in [-0.25, -0.2) is 0 Å². The molecule has 26 heavy (non-hydrogen) atoms. The van der Waals surface area contributed by atoms with Gasteiger partial charge in [-0.1, -0.05) is 30.3 Å². The predicted octanol–water partition coefficient (Wildman–Crippen LogP) is 4.31. The Morgan fingerprint density at radius 2 is 1.81 bits per heavy atom. The van der Waals surface area contributed by atoms with E-state index >= 15 is 0 Å². The first kappa shape index (κ1) is 17.1. The van der Waals surface area contributed by atoms with E-state index in [1.807, 2.05) is 19.1 Å². The third-order valence-corrected chi connectivity index (χ3v) is 5.71. The molecular weight excluding hydrogens is 322 g/mol. The van der Waals surface area contributed by atoms with E-state index in [1.54, 1.807) is 0 Å². The lowest BCUT2D eigenvalue weighted by Crippen LogP contribution is -2.31. The van der Waals surface area contributed by atoms with Crippen LogP contribution in [-0.4, -0.2) is 12.5 Å². The minimum Gasteiger partial charge on any atom is -0.483 e. The molecule has 0 spiro atoms. The van der Waals surface area contributed by atoms with E-state index in [2.05, 4.69) is 29.6 Å². The smallest absolute Gasteiger partial charge is 0.258 e. The Hall–Kier alpha value is -2.29. The second-order valence-electron chi connectivity index (χ2n) is 7.56. The summed E-state index contributed by atoms with van der Waals surface area (Å²) in [5.74, 6) is 0.814. The summed E-state index contributed by atoms with van der Waals surface area (Å²) in [4.78, 5) is 12.4. The minimum atomic E-state index is -0.0635. The van der Waals surface area contributed by atoms with Gasteiger partial charge in [0.1, 0.15) is 5.75 Å². The fourth-order valence-electron chi connectivity index (χ4n) is 4.25. The van der Waals surface area contributed by atoms with Gasteiger partial charge in [-0.2, -0.15) is 0 Å². The maximum absolute atomic E-state index is 12.4. The fraction of sp³-hybridized carbons (Fsp3) is 0.435. The van der Waals surface area contributed by atoms with Crippen LogP contribution in [0.2, 0.25) is 0 Å². The Morgan fingerprint density at radius 1 is 1.00 bits per heavy atom. The number of amides is 1. The summed E-state index contributed by atoms with van der Waals surface area (Å²) < 4.78 is 5.86. The van der Waals surface area contributed by atoms with Crippen molar-refractivity contribution in [3.05, 3.63) is 64.2 Å². The number of nitrogens with one attached hydrogen (secondary N) is 1. The second kappa shape index (κ2) is 7.53.